The molecular formula is C38H42ClN3O5S. The standard InChI is InChI=1S/C38H42ClN3O5S/c1-3-47-33-21-19-32(20-22-33)42(48(45,46)34-23-17-28(2)18-24-34)27-37(43)41(26-30-13-7-10-16-35(30)39)36(25-29-11-5-4-6-12-29)38(44)40-31-14-8-9-15-31/h4-7,10-13,16-24,31,36H,3,8-9,14-15,25-27H2,1-2H3,(H,40,44)/t36-/m1/s1. The highest BCUT2D eigenvalue weighted by Crippen LogP contribution is 2.28. The molecule has 4 aromatic rings. The normalized spacial score (nSPS) is 13.9. The second kappa shape index (κ2) is 16.2. The van der Waals surface area contributed by atoms with Crippen molar-refractivity contribution >= 4 is 39.1 Å². The summed E-state index contributed by atoms with van der Waals surface area (Å²) >= 11 is 6.61. The Morgan fingerprint density at radius 2 is 1.54 bits per heavy atom. The van der Waals surface area contributed by atoms with Gasteiger partial charge in [0.05, 0.1) is 17.2 Å². The maximum Gasteiger partial charge on any atom is 0.264 e. The van der Waals surface area contributed by atoms with Crippen LogP contribution < -0.4 is 14.4 Å². The molecule has 5 rings (SSSR count). The lowest BCUT2D eigenvalue weighted by Crippen LogP contribution is -2.54. The second-order valence-corrected chi connectivity index (χ2v) is 14.3. The highest BCUT2D eigenvalue weighted by atomic mass is 35.5. The van der Waals surface area contributed by atoms with Crippen molar-refractivity contribution in [3.63, 3.8) is 0 Å². The number of nitrogens with one attached hydrogen (secondary N) is 1. The number of carbonyl (C=O) groups is 2. The van der Waals surface area contributed by atoms with Gasteiger partial charge in [-0.1, -0.05) is 90.7 Å². The Labute approximate surface area is 288 Å². The van der Waals surface area contributed by atoms with Crippen LogP contribution in [0.1, 0.15) is 49.3 Å². The molecule has 0 saturated heterocycles. The fourth-order valence-electron chi connectivity index (χ4n) is 5.97. The van der Waals surface area contributed by atoms with Crippen LogP contribution in [0.3, 0.4) is 0 Å². The summed E-state index contributed by atoms with van der Waals surface area (Å²) < 4.78 is 35.2. The molecule has 2 amide bonds. The maximum absolute atomic E-state index is 14.7. The zero-order valence-electron chi connectivity index (χ0n) is 27.3. The van der Waals surface area contributed by atoms with Gasteiger partial charge in [-0.15, -0.1) is 0 Å². The highest BCUT2D eigenvalue weighted by molar-refractivity contribution is 7.92. The second-order valence-electron chi connectivity index (χ2n) is 12.1. The van der Waals surface area contributed by atoms with Gasteiger partial charge in [-0.05, 0) is 80.3 Å². The van der Waals surface area contributed by atoms with Crippen molar-refractivity contribution < 1.29 is 22.7 Å². The Kier molecular flexibility index (Phi) is 11.8. The zero-order chi connectivity index (χ0) is 34.1. The molecule has 1 aliphatic carbocycles. The van der Waals surface area contributed by atoms with E-state index < -0.39 is 28.5 Å². The number of carbonyl (C=O) groups excluding carboxylic acids is 2. The van der Waals surface area contributed by atoms with E-state index in [0.717, 1.165) is 41.1 Å². The van der Waals surface area contributed by atoms with Crippen molar-refractivity contribution in [2.75, 3.05) is 17.5 Å². The van der Waals surface area contributed by atoms with Crippen LogP contribution in [0.15, 0.2) is 108 Å². The van der Waals surface area contributed by atoms with Gasteiger partial charge in [0.15, 0.2) is 0 Å². The minimum atomic E-state index is -4.21. The minimum absolute atomic E-state index is 0.00971. The first-order chi connectivity index (χ1) is 23.2. The third-order valence-electron chi connectivity index (χ3n) is 8.59. The van der Waals surface area contributed by atoms with E-state index in [-0.39, 0.29) is 29.8 Å². The van der Waals surface area contributed by atoms with Crippen LogP contribution in [-0.4, -0.2) is 50.4 Å². The van der Waals surface area contributed by atoms with Crippen LogP contribution >= 0.6 is 11.6 Å². The molecule has 0 aliphatic heterocycles. The number of nitrogens with zero attached hydrogens (tertiary/aromatic N) is 2. The molecule has 252 valence electrons. The largest absolute Gasteiger partial charge is 0.494 e. The van der Waals surface area contributed by atoms with E-state index in [4.69, 9.17) is 16.3 Å². The van der Waals surface area contributed by atoms with Crippen molar-refractivity contribution in [3.8, 4) is 5.75 Å². The lowest BCUT2D eigenvalue weighted by atomic mass is 10.0. The summed E-state index contributed by atoms with van der Waals surface area (Å²) in [6.45, 7) is 3.65. The number of benzene rings is 4. The van der Waals surface area contributed by atoms with Crippen LogP contribution in [0, 0.1) is 6.92 Å². The first kappa shape index (κ1) is 35.0. The summed E-state index contributed by atoms with van der Waals surface area (Å²) in [5, 5.41) is 3.63. The van der Waals surface area contributed by atoms with Gasteiger partial charge in [-0.25, -0.2) is 8.42 Å². The monoisotopic (exact) mass is 687 g/mol. The Balaban J connectivity index is 1.57. The Bertz CT molecular complexity index is 1780. The van der Waals surface area contributed by atoms with Crippen LogP contribution in [0.25, 0.3) is 0 Å². The number of rotatable bonds is 14. The predicted octanol–water partition coefficient (Wildman–Crippen LogP) is 6.94. The van der Waals surface area contributed by atoms with Crippen molar-refractivity contribution in [2.45, 2.75) is 69.5 Å². The van der Waals surface area contributed by atoms with E-state index in [1.807, 2.05) is 56.3 Å². The molecule has 8 nitrogen and oxygen atoms in total. The lowest BCUT2D eigenvalue weighted by molar-refractivity contribution is -0.140. The summed E-state index contributed by atoms with van der Waals surface area (Å²) in [4.78, 5) is 30.4. The number of hydrogen-bond donors (Lipinski definition) is 1. The molecule has 0 spiro atoms. The van der Waals surface area contributed by atoms with Crippen molar-refractivity contribution in [1.29, 1.82) is 0 Å². The van der Waals surface area contributed by atoms with Gasteiger partial charge >= 0.3 is 0 Å². The molecule has 0 unspecified atom stereocenters. The van der Waals surface area contributed by atoms with Crippen LogP contribution in [0.5, 0.6) is 5.75 Å². The van der Waals surface area contributed by atoms with E-state index in [1.54, 1.807) is 48.5 Å². The Morgan fingerprint density at radius 3 is 2.19 bits per heavy atom. The molecule has 4 aromatic carbocycles. The third kappa shape index (κ3) is 8.76. The average molecular weight is 688 g/mol. The molecule has 10 heteroatoms. The van der Waals surface area contributed by atoms with Gasteiger partial charge in [0, 0.05) is 24.0 Å². The van der Waals surface area contributed by atoms with Gasteiger partial charge in [0.1, 0.15) is 18.3 Å². The zero-order valence-corrected chi connectivity index (χ0v) is 28.9. The average Bonchev–Trinajstić information content (AvgIpc) is 3.60. The van der Waals surface area contributed by atoms with Gasteiger partial charge in [0.25, 0.3) is 10.0 Å². The SMILES string of the molecule is CCOc1ccc(N(CC(=O)N(Cc2ccccc2Cl)[C@H](Cc2ccccc2)C(=O)NC2CCCC2)S(=O)(=O)c2ccc(C)cc2)cc1. The highest BCUT2D eigenvalue weighted by Gasteiger charge is 2.35. The topological polar surface area (TPSA) is 96.0 Å². The number of ether oxygens (including phenoxy) is 1. The van der Waals surface area contributed by atoms with E-state index in [1.165, 1.54) is 17.0 Å². The molecule has 1 atom stereocenters. The number of amides is 2. The van der Waals surface area contributed by atoms with E-state index in [9.17, 15) is 18.0 Å². The molecule has 1 aliphatic rings. The van der Waals surface area contributed by atoms with Crippen LogP contribution in [-0.2, 0) is 32.6 Å². The quantitative estimate of drug-likeness (QED) is 0.155. The number of hydrogen-bond acceptors (Lipinski definition) is 5. The van der Waals surface area contributed by atoms with E-state index in [2.05, 4.69) is 5.32 Å². The number of anilines is 1. The van der Waals surface area contributed by atoms with Gasteiger partial charge in [-0.2, -0.15) is 0 Å². The Hall–Kier alpha value is -4.34. The summed E-state index contributed by atoms with van der Waals surface area (Å²) in [6.07, 6.45) is 4.06. The van der Waals surface area contributed by atoms with Crippen molar-refractivity contribution in [1.82, 2.24) is 10.2 Å². The predicted molar refractivity (Wildman–Crippen MR) is 190 cm³/mol. The minimum Gasteiger partial charge on any atom is -0.494 e. The molecule has 1 saturated carbocycles. The summed E-state index contributed by atoms with van der Waals surface area (Å²) in [7, 11) is -4.21. The first-order valence-corrected chi connectivity index (χ1v) is 18.2. The maximum atomic E-state index is 14.7. The lowest BCUT2D eigenvalue weighted by Gasteiger charge is -2.34. The van der Waals surface area contributed by atoms with Gasteiger partial charge in [-0.3, -0.25) is 13.9 Å². The van der Waals surface area contributed by atoms with Crippen molar-refractivity contribution in [2.24, 2.45) is 0 Å². The summed E-state index contributed by atoms with van der Waals surface area (Å²) in [5.74, 6) is -0.241. The fraction of sp³-hybridized carbons (Fsp3) is 0.316. The van der Waals surface area contributed by atoms with Crippen LogP contribution in [0.4, 0.5) is 5.69 Å². The smallest absolute Gasteiger partial charge is 0.264 e. The fourth-order valence-corrected chi connectivity index (χ4v) is 7.58. The van der Waals surface area contributed by atoms with E-state index >= 15 is 0 Å². The number of aryl methyl sites for hydroxylation is 1. The molecule has 0 bridgehead atoms. The van der Waals surface area contributed by atoms with Gasteiger partial charge in [0.2, 0.25) is 11.8 Å². The third-order valence-corrected chi connectivity index (χ3v) is 10.8. The first-order valence-electron chi connectivity index (χ1n) is 16.3. The molecule has 0 heterocycles. The molecule has 0 radical (unpaired) electrons. The molecule has 0 aromatic heterocycles. The van der Waals surface area contributed by atoms with Crippen LogP contribution in [0.2, 0.25) is 5.02 Å². The summed E-state index contributed by atoms with van der Waals surface area (Å²) in [5.41, 5.74) is 2.71. The van der Waals surface area contributed by atoms with Gasteiger partial charge < -0.3 is 15.0 Å². The molecule has 48 heavy (non-hydrogen) atoms. The van der Waals surface area contributed by atoms with Crippen molar-refractivity contribution in [3.05, 3.63) is 125 Å². The molecular weight excluding hydrogens is 646 g/mol. The number of halogens is 1. The summed E-state index contributed by atoms with van der Waals surface area (Å²) in [6, 6.07) is 28.9. The Morgan fingerprint density at radius 1 is 0.896 bits per heavy atom. The molecule has 1 N–H and O–H groups in total. The molecule has 1 fully saturated rings. The van der Waals surface area contributed by atoms with E-state index in [0.29, 0.717) is 28.6 Å². The number of sulfonamides is 1.